The molecular weight excluding hydrogens is 376 g/mol. The molecule has 0 spiro atoms. The van der Waals surface area contributed by atoms with E-state index in [1.807, 2.05) is 24.3 Å². The third kappa shape index (κ3) is 2.41. The van der Waals surface area contributed by atoms with E-state index >= 15 is 0 Å². The molecule has 6 rings (SSSR count). The summed E-state index contributed by atoms with van der Waals surface area (Å²) in [5, 5.41) is 5.71. The van der Waals surface area contributed by atoms with E-state index in [2.05, 4.69) is 23.9 Å². The van der Waals surface area contributed by atoms with Gasteiger partial charge in [-0.3, -0.25) is 0 Å². The molecule has 3 aromatic heterocycles. The zero-order valence-corrected chi connectivity index (χ0v) is 16.3. The average molecular weight is 394 g/mol. The van der Waals surface area contributed by atoms with Gasteiger partial charge in [-0.05, 0) is 31.5 Å². The fourth-order valence-electron chi connectivity index (χ4n) is 3.84. The number of para-hydroxylation sites is 2. The maximum absolute atomic E-state index is 6.09. The molecule has 0 unspecified atom stereocenters. The van der Waals surface area contributed by atoms with Crippen molar-refractivity contribution >= 4 is 27.2 Å². The fourth-order valence-corrected chi connectivity index (χ4v) is 4.91. The molecule has 0 saturated heterocycles. The number of thiophene rings is 1. The molecule has 0 saturated carbocycles. The minimum Gasteiger partial charge on any atom is -0.485 e. The Hall–Kier alpha value is -2.71. The Bertz CT molecular complexity index is 1230. The highest BCUT2D eigenvalue weighted by atomic mass is 32.1. The number of hydrogen-bond donors (Lipinski definition) is 0. The van der Waals surface area contributed by atoms with E-state index in [-0.39, 0.29) is 11.7 Å². The van der Waals surface area contributed by atoms with Crippen LogP contribution in [0.3, 0.4) is 0 Å². The summed E-state index contributed by atoms with van der Waals surface area (Å²) in [6.45, 7) is 5.24. The van der Waals surface area contributed by atoms with Crippen LogP contribution in [0.1, 0.15) is 36.2 Å². The largest absolute Gasteiger partial charge is 0.485 e. The molecule has 0 amide bonds. The van der Waals surface area contributed by atoms with Gasteiger partial charge in [-0.15, -0.1) is 16.4 Å². The quantitative estimate of drug-likeness (QED) is 0.490. The van der Waals surface area contributed by atoms with Gasteiger partial charge in [-0.25, -0.2) is 14.5 Å². The molecule has 0 radical (unpaired) electrons. The number of aromatic nitrogens is 4. The minimum atomic E-state index is -0.348. The van der Waals surface area contributed by atoms with Crippen LogP contribution in [0.25, 0.3) is 15.9 Å². The van der Waals surface area contributed by atoms with Crippen LogP contribution in [0.2, 0.25) is 0 Å². The Morgan fingerprint density at radius 3 is 2.96 bits per heavy atom. The summed E-state index contributed by atoms with van der Waals surface area (Å²) in [6.07, 6.45) is 2.21. The maximum Gasteiger partial charge on any atom is 0.196 e. The van der Waals surface area contributed by atoms with Gasteiger partial charge in [0.25, 0.3) is 0 Å². The molecule has 8 heteroatoms. The molecule has 0 bridgehead atoms. The van der Waals surface area contributed by atoms with Crippen molar-refractivity contribution in [2.75, 3.05) is 6.61 Å². The van der Waals surface area contributed by atoms with Gasteiger partial charge in [0.1, 0.15) is 17.8 Å². The van der Waals surface area contributed by atoms with Crippen LogP contribution in [0, 0.1) is 0 Å². The van der Waals surface area contributed by atoms with Gasteiger partial charge in [0.2, 0.25) is 0 Å². The van der Waals surface area contributed by atoms with Crippen molar-refractivity contribution in [1.29, 1.82) is 0 Å². The molecule has 0 N–H and O–H groups in total. The first kappa shape index (κ1) is 16.3. The van der Waals surface area contributed by atoms with Crippen molar-refractivity contribution in [1.82, 2.24) is 19.6 Å². The predicted molar refractivity (Wildman–Crippen MR) is 104 cm³/mol. The number of benzene rings is 1. The first-order valence-electron chi connectivity index (χ1n) is 9.25. The number of ether oxygens (including phenoxy) is 3. The van der Waals surface area contributed by atoms with Gasteiger partial charge < -0.3 is 14.2 Å². The molecule has 28 heavy (non-hydrogen) atoms. The lowest BCUT2D eigenvalue weighted by Crippen LogP contribution is -2.31. The lowest BCUT2D eigenvalue weighted by atomic mass is 9.94. The number of hydrogen-bond acceptors (Lipinski definition) is 7. The highest BCUT2D eigenvalue weighted by Gasteiger charge is 2.32. The molecule has 142 valence electrons. The van der Waals surface area contributed by atoms with Gasteiger partial charge >= 0.3 is 0 Å². The molecule has 2 aliphatic rings. The molecular formula is C20H18N4O3S. The Morgan fingerprint density at radius 2 is 2.07 bits per heavy atom. The first-order chi connectivity index (χ1) is 13.6. The van der Waals surface area contributed by atoms with Crippen molar-refractivity contribution < 1.29 is 14.2 Å². The van der Waals surface area contributed by atoms with Gasteiger partial charge in [0.05, 0.1) is 17.6 Å². The van der Waals surface area contributed by atoms with Crippen molar-refractivity contribution in [3.05, 3.63) is 46.9 Å². The average Bonchev–Trinajstić information content (AvgIpc) is 3.27. The smallest absolute Gasteiger partial charge is 0.196 e. The number of fused-ring (bicyclic) bond motifs is 6. The van der Waals surface area contributed by atoms with Gasteiger partial charge in [0, 0.05) is 11.3 Å². The van der Waals surface area contributed by atoms with E-state index < -0.39 is 0 Å². The Balaban J connectivity index is 1.47. The van der Waals surface area contributed by atoms with Crippen LogP contribution in [-0.4, -0.2) is 31.8 Å². The van der Waals surface area contributed by atoms with E-state index in [1.165, 1.54) is 10.4 Å². The zero-order valence-electron chi connectivity index (χ0n) is 15.5. The second kappa shape index (κ2) is 5.65. The Morgan fingerprint density at radius 1 is 1.21 bits per heavy atom. The molecule has 2 aliphatic heterocycles. The van der Waals surface area contributed by atoms with E-state index in [4.69, 9.17) is 19.2 Å². The van der Waals surface area contributed by atoms with Crippen molar-refractivity contribution in [2.24, 2.45) is 0 Å². The van der Waals surface area contributed by atoms with Gasteiger partial charge in [-0.2, -0.15) is 0 Å². The fraction of sp³-hybridized carbons (Fsp3) is 0.350. The monoisotopic (exact) mass is 394 g/mol. The summed E-state index contributed by atoms with van der Waals surface area (Å²) in [5.41, 5.74) is 1.90. The topological polar surface area (TPSA) is 70.8 Å². The van der Waals surface area contributed by atoms with E-state index in [1.54, 1.807) is 22.2 Å². The van der Waals surface area contributed by atoms with Gasteiger partial charge in [-0.1, -0.05) is 12.1 Å². The summed E-state index contributed by atoms with van der Waals surface area (Å²) in [5.74, 6) is 2.07. The lowest BCUT2D eigenvalue weighted by Gasteiger charge is -2.30. The van der Waals surface area contributed by atoms with Crippen LogP contribution in [0.4, 0.5) is 0 Å². The summed E-state index contributed by atoms with van der Waals surface area (Å²) < 4.78 is 19.6. The number of rotatable bonds is 1. The predicted octanol–water partition coefficient (Wildman–Crippen LogP) is 3.70. The van der Waals surface area contributed by atoms with E-state index in [0.717, 1.165) is 28.0 Å². The summed E-state index contributed by atoms with van der Waals surface area (Å²) >= 11 is 1.68. The molecule has 0 fully saturated rings. The van der Waals surface area contributed by atoms with Crippen molar-refractivity contribution in [3.63, 3.8) is 0 Å². The summed E-state index contributed by atoms with van der Waals surface area (Å²) in [7, 11) is 0. The Kier molecular flexibility index (Phi) is 3.28. The van der Waals surface area contributed by atoms with Crippen LogP contribution in [0.5, 0.6) is 11.5 Å². The normalized spacial score (nSPS) is 20.4. The van der Waals surface area contributed by atoms with Crippen LogP contribution in [0.15, 0.2) is 30.6 Å². The Labute approximate surface area is 164 Å². The molecule has 1 aromatic carbocycles. The third-order valence-corrected chi connectivity index (χ3v) is 6.33. The van der Waals surface area contributed by atoms with Crippen LogP contribution >= 0.6 is 11.3 Å². The lowest BCUT2D eigenvalue weighted by molar-refractivity contribution is -0.0379. The van der Waals surface area contributed by atoms with E-state index in [0.29, 0.717) is 24.8 Å². The highest BCUT2D eigenvalue weighted by molar-refractivity contribution is 7.19. The highest BCUT2D eigenvalue weighted by Crippen LogP contribution is 2.40. The second-order valence-electron chi connectivity index (χ2n) is 7.76. The SMILES string of the molecule is CC1(C)Cc2c(sc3ncn4nc([C@@H]5COc6ccccc6O5)nc4c23)CO1. The number of nitrogens with zero attached hydrogens (tertiary/aromatic N) is 4. The zero-order chi connectivity index (χ0) is 18.9. The standard InChI is InChI=1S/C20H18N4O3S/c1-20(2)7-11-15(9-26-20)28-19-16(11)18-22-17(23-24(18)10-21-19)14-8-25-12-5-3-4-6-13(12)27-14/h3-6,10,14H,7-9H2,1-2H3/t14-/m0/s1. The third-order valence-electron chi connectivity index (χ3n) is 5.22. The first-order valence-corrected chi connectivity index (χ1v) is 10.1. The maximum atomic E-state index is 6.09. The minimum absolute atomic E-state index is 0.194. The van der Waals surface area contributed by atoms with Gasteiger partial charge in [0.15, 0.2) is 29.1 Å². The molecule has 1 atom stereocenters. The molecule has 0 aliphatic carbocycles. The summed E-state index contributed by atoms with van der Waals surface area (Å²) in [4.78, 5) is 11.6. The van der Waals surface area contributed by atoms with Crippen LogP contribution in [-0.2, 0) is 17.8 Å². The van der Waals surface area contributed by atoms with E-state index in [9.17, 15) is 0 Å². The second-order valence-corrected chi connectivity index (χ2v) is 8.84. The van der Waals surface area contributed by atoms with Crippen molar-refractivity contribution in [2.45, 2.75) is 38.6 Å². The summed E-state index contributed by atoms with van der Waals surface area (Å²) in [6, 6.07) is 7.65. The molecule has 5 heterocycles. The van der Waals surface area contributed by atoms with Crippen LogP contribution < -0.4 is 9.47 Å². The molecule has 7 nitrogen and oxygen atoms in total. The van der Waals surface area contributed by atoms with Crippen molar-refractivity contribution in [3.8, 4) is 11.5 Å². The molecule has 4 aromatic rings.